The zero-order valence-electron chi connectivity index (χ0n) is 16.9. The molecule has 1 fully saturated rings. The van der Waals surface area contributed by atoms with E-state index < -0.39 is 10.0 Å². The van der Waals surface area contributed by atoms with Gasteiger partial charge < -0.3 is 4.57 Å². The number of aryl methyl sites for hydroxylation is 2. The Balaban J connectivity index is 1.46. The summed E-state index contributed by atoms with van der Waals surface area (Å²) in [5.41, 5.74) is 4.42. The third kappa shape index (κ3) is 3.07. The minimum atomic E-state index is -3.48. The number of benzene rings is 1. The van der Waals surface area contributed by atoms with E-state index in [9.17, 15) is 8.42 Å². The molecule has 0 spiro atoms. The van der Waals surface area contributed by atoms with E-state index in [0.717, 1.165) is 42.5 Å². The molecule has 3 heterocycles. The van der Waals surface area contributed by atoms with Crippen molar-refractivity contribution >= 4 is 21.1 Å². The lowest BCUT2D eigenvalue weighted by molar-refractivity contribution is 0.466. The Kier molecular flexibility index (Phi) is 4.47. The summed E-state index contributed by atoms with van der Waals surface area (Å²) in [5, 5.41) is 0. The van der Waals surface area contributed by atoms with Gasteiger partial charge in [0.25, 0.3) is 0 Å². The van der Waals surface area contributed by atoms with E-state index in [2.05, 4.69) is 23.4 Å². The molecule has 3 aromatic rings. The van der Waals surface area contributed by atoms with E-state index >= 15 is 0 Å². The molecular weight excluding hydrogens is 384 g/mol. The molecular formula is C22H26N4O2S. The van der Waals surface area contributed by atoms with Gasteiger partial charge in [-0.2, -0.15) is 4.31 Å². The molecule has 0 bridgehead atoms. The lowest BCUT2D eigenvalue weighted by Crippen LogP contribution is -2.29. The highest BCUT2D eigenvalue weighted by Crippen LogP contribution is 2.34. The first-order valence-electron chi connectivity index (χ1n) is 10.4. The smallest absolute Gasteiger partial charge is 0.243 e. The highest BCUT2D eigenvalue weighted by molar-refractivity contribution is 7.89. The van der Waals surface area contributed by atoms with Crippen LogP contribution in [0.5, 0.6) is 0 Å². The maximum atomic E-state index is 13.3. The van der Waals surface area contributed by atoms with Crippen LogP contribution < -0.4 is 0 Å². The molecule has 0 saturated carbocycles. The number of fused-ring (bicyclic) bond motifs is 2. The molecule has 1 aliphatic heterocycles. The molecule has 1 aliphatic carbocycles. The summed E-state index contributed by atoms with van der Waals surface area (Å²) in [6.45, 7) is 5.27. The van der Waals surface area contributed by atoms with Crippen LogP contribution in [0.25, 0.3) is 11.0 Å². The topological polar surface area (TPSA) is 68.1 Å². The number of aromatic nitrogens is 3. The monoisotopic (exact) mass is 410 g/mol. The minimum Gasteiger partial charge on any atom is -0.324 e. The predicted octanol–water partition coefficient (Wildman–Crippen LogP) is 3.68. The Hall–Kier alpha value is -2.25. The average molecular weight is 411 g/mol. The lowest BCUT2D eigenvalue weighted by Gasteiger charge is -2.19. The summed E-state index contributed by atoms with van der Waals surface area (Å²) in [6.07, 6.45) is 7.54. The van der Waals surface area contributed by atoms with Crippen LogP contribution in [0.2, 0.25) is 0 Å². The van der Waals surface area contributed by atoms with Gasteiger partial charge in [0.15, 0.2) is 0 Å². The van der Waals surface area contributed by atoms with Crippen molar-refractivity contribution in [3.05, 3.63) is 53.6 Å². The van der Waals surface area contributed by atoms with Crippen LogP contribution in [0.15, 0.2) is 41.6 Å². The van der Waals surface area contributed by atoms with Gasteiger partial charge in [-0.1, -0.05) is 6.07 Å². The molecule has 6 nitrogen and oxygen atoms in total. The molecule has 29 heavy (non-hydrogen) atoms. The van der Waals surface area contributed by atoms with Gasteiger partial charge in [-0.25, -0.2) is 13.4 Å². The molecule has 1 aromatic carbocycles. The van der Waals surface area contributed by atoms with Gasteiger partial charge in [0.05, 0.1) is 22.1 Å². The Morgan fingerprint density at radius 3 is 2.79 bits per heavy atom. The SMILES string of the molecule is CC(C)n1c([C@@H]2CCN(S(=O)(=O)c3ccc4c(c3)CCC4)C2)nc2ccncc21. The van der Waals surface area contributed by atoms with Crippen molar-refractivity contribution in [1.29, 1.82) is 0 Å². The first-order chi connectivity index (χ1) is 13.9. The number of imidazole rings is 1. The predicted molar refractivity (Wildman–Crippen MR) is 112 cm³/mol. The molecule has 152 valence electrons. The molecule has 7 heteroatoms. The third-order valence-electron chi connectivity index (χ3n) is 6.26. The molecule has 0 amide bonds. The van der Waals surface area contributed by atoms with Gasteiger partial charge in [0, 0.05) is 31.2 Å². The first-order valence-corrected chi connectivity index (χ1v) is 11.8. The zero-order valence-corrected chi connectivity index (χ0v) is 17.7. The van der Waals surface area contributed by atoms with Crippen molar-refractivity contribution < 1.29 is 8.42 Å². The first kappa shape index (κ1) is 18.8. The van der Waals surface area contributed by atoms with E-state index in [1.165, 1.54) is 11.1 Å². The number of nitrogens with zero attached hydrogens (tertiary/aromatic N) is 4. The van der Waals surface area contributed by atoms with Gasteiger partial charge in [-0.05, 0) is 68.9 Å². The fourth-order valence-electron chi connectivity index (χ4n) is 4.81. The van der Waals surface area contributed by atoms with Crippen LogP contribution in [-0.2, 0) is 22.9 Å². The molecule has 1 saturated heterocycles. The quantitative estimate of drug-likeness (QED) is 0.658. The number of pyridine rings is 1. The fourth-order valence-corrected chi connectivity index (χ4v) is 6.36. The van der Waals surface area contributed by atoms with E-state index in [1.807, 2.05) is 24.4 Å². The van der Waals surface area contributed by atoms with Crippen LogP contribution >= 0.6 is 0 Å². The highest BCUT2D eigenvalue weighted by Gasteiger charge is 2.36. The summed E-state index contributed by atoms with van der Waals surface area (Å²) in [7, 11) is -3.48. The molecule has 0 unspecified atom stereocenters. The van der Waals surface area contributed by atoms with Crippen LogP contribution in [0.1, 0.15) is 55.6 Å². The molecule has 1 atom stereocenters. The standard InChI is InChI=1S/C22H26N4O2S/c1-15(2)26-21-13-23-10-8-20(21)24-22(26)18-9-11-25(14-18)29(27,28)19-7-6-16-4-3-5-17(16)12-19/h6-8,10,12-13,15,18H,3-5,9,11,14H2,1-2H3/t18-/m1/s1. The summed E-state index contributed by atoms with van der Waals surface area (Å²) in [5.74, 6) is 1.06. The fraction of sp³-hybridized carbons (Fsp3) is 0.455. The summed E-state index contributed by atoms with van der Waals surface area (Å²) < 4.78 is 30.4. The minimum absolute atomic E-state index is 0.0917. The Bertz CT molecular complexity index is 1180. The van der Waals surface area contributed by atoms with Crippen molar-refractivity contribution in [2.75, 3.05) is 13.1 Å². The van der Waals surface area contributed by atoms with E-state index in [1.54, 1.807) is 16.6 Å². The van der Waals surface area contributed by atoms with Gasteiger partial charge in [0.1, 0.15) is 5.82 Å². The number of rotatable bonds is 4. The van der Waals surface area contributed by atoms with Gasteiger partial charge in [0.2, 0.25) is 10.0 Å². The second-order valence-corrected chi connectivity index (χ2v) is 10.4. The second kappa shape index (κ2) is 6.92. The molecule has 5 rings (SSSR count). The van der Waals surface area contributed by atoms with Gasteiger partial charge in [-0.3, -0.25) is 4.98 Å². The normalized spacial score (nSPS) is 20.0. The summed E-state index contributed by atoms with van der Waals surface area (Å²) >= 11 is 0. The number of sulfonamides is 1. The Morgan fingerprint density at radius 2 is 1.97 bits per heavy atom. The summed E-state index contributed by atoms with van der Waals surface area (Å²) in [4.78, 5) is 9.54. The van der Waals surface area contributed by atoms with Crippen LogP contribution in [0.3, 0.4) is 0 Å². The van der Waals surface area contributed by atoms with Crippen LogP contribution in [-0.4, -0.2) is 40.3 Å². The molecule has 0 N–H and O–H groups in total. The molecule has 0 radical (unpaired) electrons. The van der Waals surface area contributed by atoms with Gasteiger partial charge in [-0.15, -0.1) is 0 Å². The van der Waals surface area contributed by atoms with Crippen LogP contribution in [0, 0.1) is 0 Å². The van der Waals surface area contributed by atoms with Crippen molar-refractivity contribution in [2.24, 2.45) is 0 Å². The van der Waals surface area contributed by atoms with Crippen molar-refractivity contribution in [3.63, 3.8) is 0 Å². The number of hydrogen-bond donors (Lipinski definition) is 0. The van der Waals surface area contributed by atoms with E-state index in [-0.39, 0.29) is 12.0 Å². The average Bonchev–Trinajstić information content (AvgIpc) is 3.43. The number of hydrogen-bond acceptors (Lipinski definition) is 4. The highest BCUT2D eigenvalue weighted by atomic mass is 32.2. The van der Waals surface area contributed by atoms with Crippen molar-refractivity contribution in [3.8, 4) is 0 Å². The maximum absolute atomic E-state index is 13.3. The third-order valence-corrected chi connectivity index (χ3v) is 8.12. The van der Waals surface area contributed by atoms with E-state index in [4.69, 9.17) is 4.98 Å². The largest absolute Gasteiger partial charge is 0.324 e. The van der Waals surface area contributed by atoms with Crippen molar-refractivity contribution in [1.82, 2.24) is 18.8 Å². The second-order valence-electron chi connectivity index (χ2n) is 8.43. The maximum Gasteiger partial charge on any atom is 0.243 e. The van der Waals surface area contributed by atoms with Crippen LogP contribution in [0.4, 0.5) is 0 Å². The lowest BCUT2D eigenvalue weighted by atomic mass is 10.1. The Morgan fingerprint density at radius 1 is 1.14 bits per heavy atom. The Labute approximate surface area is 171 Å². The molecule has 2 aromatic heterocycles. The molecule has 2 aliphatic rings. The summed E-state index contributed by atoms with van der Waals surface area (Å²) in [6, 6.07) is 7.82. The zero-order chi connectivity index (χ0) is 20.2. The van der Waals surface area contributed by atoms with Crippen molar-refractivity contribution in [2.45, 2.75) is 56.4 Å². The van der Waals surface area contributed by atoms with E-state index in [0.29, 0.717) is 18.0 Å². The van der Waals surface area contributed by atoms with Gasteiger partial charge >= 0.3 is 0 Å².